The zero-order valence-electron chi connectivity index (χ0n) is 9.11. The Labute approximate surface area is 111 Å². The molecule has 0 aliphatic carbocycles. The molecule has 8 heteroatoms. The number of fused-ring (bicyclic) bond motifs is 1. The maximum absolute atomic E-state index is 12.2. The first-order valence-electron chi connectivity index (χ1n) is 4.90. The van der Waals surface area contributed by atoms with Crippen LogP contribution >= 0.6 is 11.6 Å². The summed E-state index contributed by atoms with van der Waals surface area (Å²) in [7, 11) is -5.69. The van der Waals surface area contributed by atoms with Gasteiger partial charge in [0.25, 0.3) is 0 Å². The topological polar surface area (TPSA) is 43.4 Å². The summed E-state index contributed by atoms with van der Waals surface area (Å²) in [6.45, 7) is 0. The third-order valence-corrected chi connectivity index (χ3v) is 3.49. The molecule has 0 spiro atoms. The lowest BCUT2D eigenvalue weighted by atomic mass is 10.1. The molecule has 3 nitrogen and oxygen atoms in total. The predicted octanol–water partition coefficient (Wildman–Crippen LogP) is 3.72. The first-order valence-corrected chi connectivity index (χ1v) is 6.68. The van der Waals surface area contributed by atoms with Gasteiger partial charge >= 0.3 is 15.6 Å². The average molecular weight is 311 g/mol. The van der Waals surface area contributed by atoms with E-state index in [2.05, 4.69) is 4.18 Å². The molecular formula is C11H6ClF3O3S. The molecule has 0 saturated heterocycles. The Bertz CT molecular complexity index is 726. The van der Waals surface area contributed by atoms with Crippen LogP contribution in [-0.2, 0) is 10.1 Å². The van der Waals surface area contributed by atoms with E-state index in [4.69, 9.17) is 11.6 Å². The van der Waals surface area contributed by atoms with Crippen molar-refractivity contribution in [2.45, 2.75) is 5.51 Å². The summed E-state index contributed by atoms with van der Waals surface area (Å²) in [6.07, 6.45) is 0. The molecule has 2 rings (SSSR count). The van der Waals surface area contributed by atoms with Gasteiger partial charge in [0.2, 0.25) is 0 Å². The second-order valence-electron chi connectivity index (χ2n) is 3.60. The van der Waals surface area contributed by atoms with Gasteiger partial charge in [0.15, 0.2) is 5.75 Å². The normalized spacial score (nSPS) is 12.6. The first-order chi connectivity index (χ1) is 8.71. The summed E-state index contributed by atoms with van der Waals surface area (Å²) in [5, 5.41) is 1.07. The van der Waals surface area contributed by atoms with Gasteiger partial charge in [0.1, 0.15) is 0 Å². The highest BCUT2D eigenvalue weighted by atomic mass is 35.5. The molecular weight excluding hydrogens is 305 g/mol. The quantitative estimate of drug-likeness (QED) is 0.627. The fraction of sp³-hybridized carbons (Fsp3) is 0.0909. The van der Waals surface area contributed by atoms with Crippen molar-refractivity contribution in [2.75, 3.05) is 0 Å². The molecule has 0 saturated carbocycles. The summed E-state index contributed by atoms with van der Waals surface area (Å²) >= 11 is 5.74. The average Bonchev–Trinajstić information content (AvgIpc) is 2.26. The number of hydrogen-bond donors (Lipinski definition) is 0. The lowest BCUT2D eigenvalue weighted by Gasteiger charge is -2.11. The van der Waals surface area contributed by atoms with Gasteiger partial charge < -0.3 is 4.18 Å². The fourth-order valence-corrected chi connectivity index (χ4v) is 2.12. The van der Waals surface area contributed by atoms with Gasteiger partial charge in [-0.05, 0) is 29.7 Å². The molecule has 102 valence electrons. The molecule has 0 aliphatic rings. The van der Waals surface area contributed by atoms with Crippen molar-refractivity contribution in [3.05, 3.63) is 41.4 Å². The van der Waals surface area contributed by atoms with Crippen LogP contribution < -0.4 is 4.18 Å². The zero-order chi connectivity index (χ0) is 14.3. The molecule has 0 bridgehead atoms. The van der Waals surface area contributed by atoms with Gasteiger partial charge in [-0.2, -0.15) is 21.6 Å². The van der Waals surface area contributed by atoms with E-state index in [9.17, 15) is 21.6 Å². The highest BCUT2D eigenvalue weighted by molar-refractivity contribution is 7.88. The number of benzene rings is 2. The van der Waals surface area contributed by atoms with Gasteiger partial charge in [-0.25, -0.2) is 0 Å². The Balaban J connectivity index is 2.53. The Morgan fingerprint density at radius 2 is 1.79 bits per heavy atom. The summed E-state index contributed by atoms with van der Waals surface area (Å²) in [4.78, 5) is 0. The predicted molar refractivity (Wildman–Crippen MR) is 64.6 cm³/mol. The maximum Gasteiger partial charge on any atom is 0.534 e. The summed E-state index contributed by atoms with van der Waals surface area (Å²) in [5.74, 6) is -0.397. The second kappa shape index (κ2) is 4.57. The van der Waals surface area contributed by atoms with Crippen LogP contribution in [0.3, 0.4) is 0 Å². The first kappa shape index (κ1) is 14.0. The number of rotatable bonds is 2. The Morgan fingerprint density at radius 3 is 2.42 bits per heavy atom. The molecule has 0 N–H and O–H groups in total. The van der Waals surface area contributed by atoms with Gasteiger partial charge in [0, 0.05) is 10.4 Å². The highest BCUT2D eigenvalue weighted by Gasteiger charge is 2.48. The van der Waals surface area contributed by atoms with Crippen LogP contribution in [0.25, 0.3) is 10.8 Å². The second-order valence-corrected chi connectivity index (χ2v) is 5.58. The summed E-state index contributed by atoms with van der Waals surface area (Å²) in [5.41, 5.74) is -5.47. The molecule has 0 aromatic heterocycles. The molecule has 0 radical (unpaired) electrons. The van der Waals surface area contributed by atoms with E-state index >= 15 is 0 Å². The fourth-order valence-electron chi connectivity index (χ4n) is 1.46. The van der Waals surface area contributed by atoms with Crippen LogP contribution in [0.1, 0.15) is 0 Å². The van der Waals surface area contributed by atoms with E-state index in [-0.39, 0.29) is 5.39 Å². The van der Waals surface area contributed by atoms with E-state index in [1.807, 2.05) is 0 Å². The lowest BCUT2D eigenvalue weighted by Crippen LogP contribution is -2.28. The minimum Gasteiger partial charge on any atom is -0.375 e. The monoisotopic (exact) mass is 310 g/mol. The Hall–Kier alpha value is -1.47. The van der Waals surface area contributed by atoms with Crippen molar-refractivity contribution in [3.63, 3.8) is 0 Å². The minimum atomic E-state index is -5.69. The minimum absolute atomic E-state index is 0.222. The van der Waals surface area contributed by atoms with Crippen LogP contribution in [0.2, 0.25) is 5.02 Å². The highest BCUT2D eigenvalue weighted by Crippen LogP contribution is 2.32. The van der Waals surface area contributed by atoms with Crippen LogP contribution in [0.15, 0.2) is 36.4 Å². The van der Waals surface area contributed by atoms with Crippen LogP contribution in [0.4, 0.5) is 13.2 Å². The van der Waals surface area contributed by atoms with Gasteiger partial charge in [-0.1, -0.05) is 23.7 Å². The Morgan fingerprint density at radius 1 is 1.11 bits per heavy atom. The maximum atomic E-state index is 12.2. The van der Waals surface area contributed by atoms with E-state index in [0.717, 1.165) is 6.07 Å². The van der Waals surface area contributed by atoms with Crippen LogP contribution in [0.5, 0.6) is 5.75 Å². The molecule has 0 amide bonds. The van der Waals surface area contributed by atoms with Crippen molar-refractivity contribution >= 4 is 32.5 Å². The third kappa shape index (κ3) is 2.76. The zero-order valence-corrected chi connectivity index (χ0v) is 10.7. The van der Waals surface area contributed by atoms with Crippen molar-refractivity contribution < 1.29 is 25.8 Å². The van der Waals surface area contributed by atoms with E-state index in [0.29, 0.717) is 10.4 Å². The molecule has 0 atom stereocenters. The third-order valence-electron chi connectivity index (χ3n) is 2.29. The SMILES string of the molecule is O=S(=O)(Oc1cccc2cc(Cl)ccc12)C(F)(F)F. The number of halogens is 4. The molecule has 0 aliphatic heterocycles. The van der Waals surface area contributed by atoms with Crippen molar-refractivity contribution in [2.24, 2.45) is 0 Å². The summed E-state index contributed by atoms with van der Waals surface area (Å²) in [6, 6.07) is 8.40. The largest absolute Gasteiger partial charge is 0.534 e. The van der Waals surface area contributed by atoms with Crippen molar-refractivity contribution in [1.29, 1.82) is 0 Å². The van der Waals surface area contributed by atoms with Crippen molar-refractivity contribution in [3.8, 4) is 5.75 Å². The molecule has 2 aromatic rings. The van der Waals surface area contributed by atoms with Gasteiger partial charge in [-0.3, -0.25) is 0 Å². The van der Waals surface area contributed by atoms with Crippen LogP contribution in [-0.4, -0.2) is 13.9 Å². The molecule has 0 heterocycles. The molecule has 19 heavy (non-hydrogen) atoms. The molecule has 2 aromatic carbocycles. The summed E-state index contributed by atoms with van der Waals surface area (Å²) < 4.78 is 62.8. The number of alkyl halides is 3. The molecule has 0 unspecified atom stereocenters. The van der Waals surface area contributed by atoms with Gasteiger partial charge in [-0.15, -0.1) is 0 Å². The Kier molecular flexibility index (Phi) is 3.36. The standard InChI is InChI=1S/C11H6ClF3O3S/c12-8-4-5-9-7(6-8)2-1-3-10(9)18-19(16,17)11(13,14)15/h1-6H. The van der Waals surface area contributed by atoms with Gasteiger partial charge in [0.05, 0.1) is 0 Å². The van der Waals surface area contributed by atoms with Crippen molar-refractivity contribution in [1.82, 2.24) is 0 Å². The molecule has 0 fully saturated rings. The van der Waals surface area contributed by atoms with E-state index in [1.165, 1.54) is 24.3 Å². The number of hydrogen-bond acceptors (Lipinski definition) is 3. The van der Waals surface area contributed by atoms with E-state index in [1.54, 1.807) is 6.07 Å². The lowest BCUT2D eigenvalue weighted by molar-refractivity contribution is -0.0499. The van der Waals surface area contributed by atoms with Crippen LogP contribution in [0, 0.1) is 0 Å². The smallest absolute Gasteiger partial charge is 0.375 e. The van der Waals surface area contributed by atoms with E-state index < -0.39 is 21.4 Å².